The molecule has 1 heterocycles. The number of benzene rings is 3. The maximum absolute atomic E-state index is 13.0. The molecule has 2 N–H and O–H groups in total. The molecule has 5 rings (SSSR count). The molecule has 0 bridgehead atoms. The zero-order valence-electron chi connectivity index (χ0n) is 17.5. The highest BCUT2D eigenvalue weighted by Crippen LogP contribution is 2.31. The Bertz CT molecular complexity index is 1070. The van der Waals surface area contributed by atoms with E-state index in [0.29, 0.717) is 11.9 Å². The molecule has 3 aromatic carbocycles. The minimum atomic E-state index is 0.149. The molecule has 1 aliphatic carbocycles. The van der Waals surface area contributed by atoms with E-state index in [2.05, 4.69) is 47.4 Å². The van der Waals surface area contributed by atoms with Crippen molar-refractivity contribution >= 4 is 22.4 Å². The van der Waals surface area contributed by atoms with Crippen LogP contribution in [0.2, 0.25) is 0 Å². The Morgan fingerprint density at radius 3 is 2.43 bits per heavy atom. The normalized spacial score (nSPS) is 20.2. The standard InChI is InChI=1S/C27H30N2O/c28-25-6-4-5-20(18-25)23-12-11-21-15-19(9-10-22(21)17-23)16-24-13-14-29(27(24)30)26-7-2-1-3-8-26/h4-6,9-12,15,17-18,24,26H,1-3,7-8,13-14,16,28H2. The van der Waals surface area contributed by atoms with Gasteiger partial charge < -0.3 is 10.6 Å². The van der Waals surface area contributed by atoms with Gasteiger partial charge in [-0.3, -0.25) is 4.79 Å². The Kier molecular flexibility index (Phi) is 5.20. The van der Waals surface area contributed by atoms with Crippen LogP contribution in [-0.2, 0) is 11.2 Å². The molecule has 1 amide bonds. The van der Waals surface area contributed by atoms with E-state index >= 15 is 0 Å². The zero-order valence-corrected chi connectivity index (χ0v) is 17.5. The third-order valence-corrected chi connectivity index (χ3v) is 6.97. The molecular formula is C27H30N2O. The first kappa shape index (κ1) is 19.2. The lowest BCUT2D eigenvalue weighted by molar-refractivity contribution is -0.133. The summed E-state index contributed by atoms with van der Waals surface area (Å²) in [7, 11) is 0. The number of amides is 1. The second kappa shape index (κ2) is 8.14. The average molecular weight is 399 g/mol. The van der Waals surface area contributed by atoms with Gasteiger partial charge in [0.2, 0.25) is 5.91 Å². The molecule has 1 unspecified atom stereocenters. The van der Waals surface area contributed by atoms with E-state index in [1.54, 1.807) is 0 Å². The van der Waals surface area contributed by atoms with Crippen LogP contribution in [0.15, 0.2) is 60.7 Å². The molecule has 154 valence electrons. The number of carbonyl (C=O) groups excluding carboxylic acids is 1. The Morgan fingerprint density at radius 1 is 0.833 bits per heavy atom. The van der Waals surface area contributed by atoms with Crippen molar-refractivity contribution in [1.82, 2.24) is 4.90 Å². The number of nitrogens with two attached hydrogens (primary N) is 1. The molecule has 0 radical (unpaired) electrons. The average Bonchev–Trinajstić information content (AvgIpc) is 3.14. The van der Waals surface area contributed by atoms with Gasteiger partial charge in [0.15, 0.2) is 0 Å². The molecule has 2 fully saturated rings. The minimum Gasteiger partial charge on any atom is -0.399 e. The van der Waals surface area contributed by atoms with Crippen molar-refractivity contribution in [1.29, 1.82) is 0 Å². The molecule has 3 nitrogen and oxygen atoms in total. The van der Waals surface area contributed by atoms with Crippen LogP contribution < -0.4 is 5.73 Å². The van der Waals surface area contributed by atoms with Crippen molar-refractivity contribution in [3.8, 4) is 11.1 Å². The largest absolute Gasteiger partial charge is 0.399 e. The topological polar surface area (TPSA) is 46.3 Å². The lowest BCUT2D eigenvalue weighted by atomic mass is 9.93. The van der Waals surface area contributed by atoms with E-state index in [1.165, 1.54) is 54.0 Å². The second-order valence-electron chi connectivity index (χ2n) is 9.03. The fourth-order valence-electron chi connectivity index (χ4n) is 5.31. The zero-order chi connectivity index (χ0) is 20.5. The fraction of sp³-hybridized carbons (Fsp3) is 0.370. The highest BCUT2D eigenvalue weighted by Gasteiger charge is 2.36. The molecule has 3 heteroatoms. The third kappa shape index (κ3) is 3.81. The predicted octanol–water partition coefficient (Wildman–Crippen LogP) is 5.81. The minimum absolute atomic E-state index is 0.149. The lowest BCUT2D eigenvalue weighted by Crippen LogP contribution is -2.39. The number of hydrogen-bond donors (Lipinski definition) is 1. The summed E-state index contributed by atoms with van der Waals surface area (Å²) in [5.41, 5.74) is 10.3. The van der Waals surface area contributed by atoms with Crippen molar-refractivity contribution in [2.45, 2.75) is 51.0 Å². The predicted molar refractivity (Wildman–Crippen MR) is 124 cm³/mol. The van der Waals surface area contributed by atoms with Gasteiger partial charge in [0, 0.05) is 24.2 Å². The van der Waals surface area contributed by atoms with Crippen molar-refractivity contribution in [3.63, 3.8) is 0 Å². The van der Waals surface area contributed by atoms with E-state index in [1.807, 2.05) is 18.2 Å². The highest BCUT2D eigenvalue weighted by atomic mass is 16.2. The summed E-state index contributed by atoms with van der Waals surface area (Å²) in [6.07, 6.45) is 8.14. The summed E-state index contributed by atoms with van der Waals surface area (Å²) in [5.74, 6) is 0.537. The lowest BCUT2D eigenvalue weighted by Gasteiger charge is -2.31. The first-order chi connectivity index (χ1) is 14.7. The quantitative estimate of drug-likeness (QED) is 0.564. The highest BCUT2D eigenvalue weighted by molar-refractivity contribution is 5.88. The monoisotopic (exact) mass is 398 g/mol. The van der Waals surface area contributed by atoms with E-state index in [0.717, 1.165) is 30.6 Å². The first-order valence-electron chi connectivity index (χ1n) is 11.4. The van der Waals surface area contributed by atoms with E-state index in [-0.39, 0.29) is 5.92 Å². The van der Waals surface area contributed by atoms with Gasteiger partial charge in [-0.15, -0.1) is 0 Å². The van der Waals surface area contributed by atoms with Crippen molar-refractivity contribution in [3.05, 3.63) is 66.2 Å². The summed E-state index contributed by atoms with van der Waals surface area (Å²) in [6.45, 7) is 0.950. The Hall–Kier alpha value is -2.81. The van der Waals surface area contributed by atoms with Gasteiger partial charge in [-0.2, -0.15) is 0 Å². The molecule has 1 saturated carbocycles. The van der Waals surface area contributed by atoms with Crippen LogP contribution in [0.3, 0.4) is 0 Å². The van der Waals surface area contributed by atoms with Gasteiger partial charge in [0.1, 0.15) is 0 Å². The third-order valence-electron chi connectivity index (χ3n) is 6.97. The number of carbonyl (C=O) groups is 1. The molecule has 1 saturated heterocycles. The van der Waals surface area contributed by atoms with Gasteiger partial charge in [0.25, 0.3) is 0 Å². The van der Waals surface area contributed by atoms with Crippen LogP contribution in [0.1, 0.15) is 44.1 Å². The second-order valence-corrected chi connectivity index (χ2v) is 9.03. The van der Waals surface area contributed by atoms with Crippen LogP contribution in [0.4, 0.5) is 5.69 Å². The maximum atomic E-state index is 13.0. The Balaban J connectivity index is 1.32. The number of rotatable bonds is 4. The smallest absolute Gasteiger partial charge is 0.226 e. The SMILES string of the molecule is Nc1cccc(-c2ccc3cc(CC4CCN(C5CCCCC5)C4=O)ccc3c2)c1. The van der Waals surface area contributed by atoms with Gasteiger partial charge in [-0.05, 0) is 71.3 Å². The Morgan fingerprint density at radius 2 is 1.60 bits per heavy atom. The summed E-state index contributed by atoms with van der Waals surface area (Å²) < 4.78 is 0. The van der Waals surface area contributed by atoms with Gasteiger partial charge in [-0.1, -0.05) is 61.7 Å². The molecular weight excluding hydrogens is 368 g/mol. The van der Waals surface area contributed by atoms with Crippen molar-refractivity contribution in [2.24, 2.45) is 5.92 Å². The van der Waals surface area contributed by atoms with Crippen LogP contribution in [0.5, 0.6) is 0 Å². The summed E-state index contributed by atoms with van der Waals surface area (Å²) >= 11 is 0. The molecule has 1 atom stereocenters. The molecule has 0 spiro atoms. The maximum Gasteiger partial charge on any atom is 0.226 e. The van der Waals surface area contributed by atoms with E-state index in [9.17, 15) is 4.79 Å². The number of nitrogen functional groups attached to an aromatic ring is 1. The fourth-order valence-corrected chi connectivity index (χ4v) is 5.31. The number of likely N-dealkylation sites (tertiary alicyclic amines) is 1. The first-order valence-corrected chi connectivity index (χ1v) is 11.4. The molecule has 3 aromatic rings. The van der Waals surface area contributed by atoms with Crippen LogP contribution in [0, 0.1) is 5.92 Å². The number of hydrogen-bond acceptors (Lipinski definition) is 2. The van der Waals surface area contributed by atoms with Crippen LogP contribution >= 0.6 is 0 Å². The van der Waals surface area contributed by atoms with E-state index in [4.69, 9.17) is 5.73 Å². The van der Waals surface area contributed by atoms with Crippen molar-refractivity contribution in [2.75, 3.05) is 12.3 Å². The van der Waals surface area contributed by atoms with Crippen molar-refractivity contribution < 1.29 is 4.79 Å². The van der Waals surface area contributed by atoms with Crippen LogP contribution in [0.25, 0.3) is 21.9 Å². The van der Waals surface area contributed by atoms with E-state index < -0.39 is 0 Å². The molecule has 1 aliphatic heterocycles. The molecule has 30 heavy (non-hydrogen) atoms. The Labute approximate surface area is 178 Å². The summed E-state index contributed by atoms with van der Waals surface area (Å²) in [4.78, 5) is 15.2. The summed E-state index contributed by atoms with van der Waals surface area (Å²) in [5, 5.41) is 2.45. The summed E-state index contributed by atoms with van der Waals surface area (Å²) in [6, 6.07) is 21.7. The molecule has 0 aromatic heterocycles. The number of nitrogens with zero attached hydrogens (tertiary/aromatic N) is 1. The number of fused-ring (bicyclic) bond motifs is 1. The number of anilines is 1. The van der Waals surface area contributed by atoms with Gasteiger partial charge in [0.05, 0.1) is 0 Å². The molecule has 2 aliphatic rings. The van der Waals surface area contributed by atoms with Gasteiger partial charge in [-0.25, -0.2) is 0 Å². The van der Waals surface area contributed by atoms with Crippen LogP contribution in [-0.4, -0.2) is 23.4 Å². The van der Waals surface area contributed by atoms with Gasteiger partial charge >= 0.3 is 0 Å².